The number of benzene rings is 1. The zero-order valence-corrected chi connectivity index (χ0v) is 12.6. The molecule has 2 heterocycles. The molecule has 118 valence electrons. The van der Waals surface area contributed by atoms with Gasteiger partial charge in [-0.1, -0.05) is 12.1 Å². The van der Waals surface area contributed by atoms with Crippen LogP contribution < -0.4 is 0 Å². The SMILES string of the molecule is O=C(O)c1cccc2c1CN(C(=O)CCC1CCCO1)CC2. The smallest absolute Gasteiger partial charge is 0.336 e. The Morgan fingerprint density at radius 1 is 1.36 bits per heavy atom. The van der Waals surface area contributed by atoms with Gasteiger partial charge in [0.05, 0.1) is 11.7 Å². The van der Waals surface area contributed by atoms with Crippen LogP contribution in [0.5, 0.6) is 0 Å². The number of aromatic carboxylic acids is 1. The van der Waals surface area contributed by atoms with E-state index in [9.17, 15) is 14.7 Å². The Balaban J connectivity index is 1.65. The van der Waals surface area contributed by atoms with E-state index in [1.54, 1.807) is 17.0 Å². The number of ether oxygens (including phenoxy) is 1. The van der Waals surface area contributed by atoms with Crippen molar-refractivity contribution >= 4 is 11.9 Å². The van der Waals surface area contributed by atoms with Crippen LogP contribution in [0.2, 0.25) is 0 Å². The van der Waals surface area contributed by atoms with E-state index in [1.165, 1.54) is 0 Å². The molecule has 1 aromatic carbocycles. The van der Waals surface area contributed by atoms with Gasteiger partial charge in [0.25, 0.3) is 0 Å². The number of rotatable bonds is 4. The van der Waals surface area contributed by atoms with E-state index in [2.05, 4.69) is 0 Å². The van der Waals surface area contributed by atoms with Gasteiger partial charge in [-0.25, -0.2) is 4.79 Å². The van der Waals surface area contributed by atoms with Crippen molar-refractivity contribution in [2.75, 3.05) is 13.2 Å². The van der Waals surface area contributed by atoms with Gasteiger partial charge in [-0.2, -0.15) is 0 Å². The van der Waals surface area contributed by atoms with Crippen LogP contribution in [-0.2, 0) is 22.5 Å². The van der Waals surface area contributed by atoms with Crippen molar-refractivity contribution in [2.24, 2.45) is 0 Å². The van der Waals surface area contributed by atoms with E-state index in [1.807, 2.05) is 6.07 Å². The fraction of sp³-hybridized carbons (Fsp3) is 0.529. The predicted molar refractivity (Wildman–Crippen MR) is 80.7 cm³/mol. The Bertz CT molecular complexity index is 578. The zero-order valence-electron chi connectivity index (χ0n) is 12.6. The number of amides is 1. The average molecular weight is 303 g/mol. The summed E-state index contributed by atoms with van der Waals surface area (Å²) in [4.78, 5) is 25.5. The van der Waals surface area contributed by atoms with Gasteiger partial charge >= 0.3 is 5.97 Å². The number of carboxylic acids is 1. The molecule has 5 heteroatoms. The minimum absolute atomic E-state index is 0.0985. The van der Waals surface area contributed by atoms with Crippen LogP contribution in [0.4, 0.5) is 0 Å². The van der Waals surface area contributed by atoms with Gasteiger partial charge in [-0.05, 0) is 42.9 Å². The van der Waals surface area contributed by atoms with Crippen LogP contribution in [0, 0.1) is 0 Å². The fourth-order valence-corrected chi connectivity index (χ4v) is 3.31. The molecule has 2 aliphatic heterocycles. The summed E-state index contributed by atoms with van der Waals surface area (Å²) >= 11 is 0. The molecule has 0 aromatic heterocycles. The van der Waals surface area contributed by atoms with Crippen molar-refractivity contribution in [3.63, 3.8) is 0 Å². The topological polar surface area (TPSA) is 66.8 Å². The number of carboxylic acid groups (broad SMARTS) is 1. The molecule has 1 unspecified atom stereocenters. The Morgan fingerprint density at radius 3 is 2.95 bits per heavy atom. The molecule has 1 atom stereocenters. The Hall–Kier alpha value is -1.88. The van der Waals surface area contributed by atoms with Crippen molar-refractivity contribution in [1.82, 2.24) is 4.90 Å². The van der Waals surface area contributed by atoms with Crippen LogP contribution in [0.25, 0.3) is 0 Å². The second-order valence-corrected chi connectivity index (χ2v) is 5.99. The second kappa shape index (κ2) is 6.48. The molecule has 22 heavy (non-hydrogen) atoms. The first kappa shape index (κ1) is 15.0. The standard InChI is InChI=1S/C17H21NO4/c19-16(7-6-13-4-2-10-22-13)18-9-8-12-3-1-5-14(17(20)21)15(12)11-18/h1,3,5,13H,2,4,6-11H2,(H,20,21). The van der Waals surface area contributed by atoms with Gasteiger partial charge in [-0.3, -0.25) is 4.79 Å². The molecule has 2 aliphatic rings. The summed E-state index contributed by atoms with van der Waals surface area (Å²) in [6, 6.07) is 5.34. The van der Waals surface area contributed by atoms with Crippen LogP contribution in [0.3, 0.4) is 0 Å². The van der Waals surface area contributed by atoms with E-state index in [-0.39, 0.29) is 12.0 Å². The lowest BCUT2D eigenvalue weighted by Gasteiger charge is -2.30. The van der Waals surface area contributed by atoms with Crippen molar-refractivity contribution in [3.05, 3.63) is 34.9 Å². The molecule has 0 aliphatic carbocycles. The second-order valence-electron chi connectivity index (χ2n) is 5.99. The average Bonchev–Trinajstić information content (AvgIpc) is 3.04. The van der Waals surface area contributed by atoms with Crippen molar-refractivity contribution in [1.29, 1.82) is 0 Å². The zero-order chi connectivity index (χ0) is 15.5. The van der Waals surface area contributed by atoms with E-state index in [4.69, 9.17) is 4.74 Å². The van der Waals surface area contributed by atoms with Gasteiger partial charge in [0.2, 0.25) is 5.91 Å². The van der Waals surface area contributed by atoms with Crippen molar-refractivity contribution in [3.8, 4) is 0 Å². The molecule has 1 amide bonds. The molecule has 0 spiro atoms. The quantitative estimate of drug-likeness (QED) is 0.926. The summed E-state index contributed by atoms with van der Waals surface area (Å²) in [6.07, 6.45) is 4.31. The van der Waals surface area contributed by atoms with Gasteiger partial charge in [-0.15, -0.1) is 0 Å². The molecule has 1 fully saturated rings. The molecule has 5 nitrogen and oxygen atoms in total. The Morgan fingerprint density at radius 2 is 2.23 bits per heavy atom. The van der Waals surface area contributed by atoms with E-state index < -0.39 is 5.97 Å². The van der Waals surface area contributed by atoms with Crippen molar-refractivity contribution < 1.29 is 19.4 Å². The number of carbonyl (C=O) groups excluding carboxylic acids is 1. The maximum absolute atomic E-state index is 12.4. The molecule has 3 rings (SSSR count). The number of nitrogens with zero attached hydrogens (tertiary/aromatic N) is 1. The Kier molecular flexibility index (Phi) is 4.43. The minimum atomic E-state index is -0.925. The summed E-state index contributed by atoms with van der Waals surface area (Å²) in [7, 11) is 0. The van der Waals surface area contributed by atoms with Gasteiger partial charge in [0, 0.05) is 26.1 Å². The molecule has 0 radical (unpaired) electrons. The van der Waals surface area contributed by atoms with Gasteiger partial charge < -0.3 is 14.7 Å². The summed E-state index contributed by atoms with van der Waals surface area (Å²) in [5, 5.41) is 9.29. The molecular formula is C17H21NO4. The fourth-order valence-electron chi connectivity index (χ4n) is 3.31. The molecule has 1 aromatic rings. The highest BCUT2D eigenvalue weighted by molar-refractivity contribution is 5.90. The first-order chi connectivity index (χ1) is 10.6. The minimum Gasteiger partial charge on any atom is -0.478 e. The highest BCUT2D eigenvalue weighted by Crippen LogP contribution is 2.24. The monoisotopic (exact) mass is 303 g/mol. The molecular weight excluding hydrogens is 282 g/mol. The first-order valence-electron chi connectivity index (χ1n) is 7.88. The normalized spacial score (nSPS) is 20.7. The number of hydrogen-bond acceptors (Lipinski definition) is 3. The van der Waals surface area contributed by atoms with Gasteiger partial charge in [0.15, 0.2) is 0 Å². The highest BCUT2D eigenvalue weighted by Gasteiger charge is 2.25. The summed E-state index contributed by atoms with van der Waals surface area (Å²) in [6.45, 7) is 1.88. The molecule has 0 saturated carbocycles. The maximum atomic E-state index is 12.4. The lowest BCUT2D eigenvalue weighted by atomic mass is 9.94. The van der Waals surface area contributed by atoms with E-state index in [0.29, 0.717) is 25.1 Å². The number of hydrogen-bond donors (Lipinski definition) is 1. The third-order valence-electron chi connectivity index (χ3n) is 4.56. The highest BCUT2D eigenvalue weighted by atomic mass is 16.5. The lowest BCUT2D eigenvalue weighted by Crippen LogP contribution is -2.37. The summed E-state index contributed by atoms with van der Waals surface area (Å²) in [5.74, 6) is -0.827. The van der Waals surface area contributed by atoms with Crippen LogP contribution in [0.15, 0.2) is 18.2 Å². The largest absolute Gasteiger partial charge is 0.478 e. The summed E-state index contributed by atoms with van der Waals surface area (Å²) in [5.41, 5.74) is 2.14. The number of fused-ring (bicyclic) bond motifs is 1. The van der Waals surface area contributed by atoms with Crippen molar-refractivity contribution in [2.45, 2.75) is 44.8 Å². The third kappa shape index (κ3) is 3.14. The molecule has 1 N–H and O–H groups in total. The first-order valence-corrected chi connectivity index (χ1v) is 7.88. The predicted octanol–water partition coefficient (Wildman–Crippen LogP) is 2.23. The van der Waals surface area contributed by atoms with Gasteiger partial charge in [0.1, 0.15) is 0 Å². The van der Waals surface area contributed by atoms with E-state index in [0.717, 1.165) is 43.4 Å². The van der Waals surface area contributed by atoms with Crippen LogP contribution in [-0.4, -0.2) is 41.1 Å². The van der Waals surface area contributed by atoms with Crippen LogP contribution >= 0.6 is 0 Å². The summed E-state index contributed by atoms with van der Waals surface area (Å²) < 4.78 is 5.55. The van der Waals surface area contributed by atoms with E-state index >= 15 is 0 Å². The third-order valence-corrected chi connectivity index (χ3v) is 4.56. The molecule has 1 saturated heterocycles. The number of carbonyl (C=O) groups is 2. The van der Waals surface area contributed by atoms with Crippen LogP contribution in [0.1, 0.15) is 47.2 Å². The Labute approximate surface area is 129 Å². The lowest BCUT2D eigenvalue weighted by molar-refractivity contribution is -0.132. The maximum Gasteiger partial charge on any atom is 0.336 e. The molecule has 0 bridgehead atoms.